The lowest BCUT2D eigenvalue weighted by molar-refractivity contribution is -0.134. The number of nitrogens with one attached hydrogen (secondary N) is 1. The largest absolute Gasteiger partial charge is 0.339 e. The van der Waals surface area contributed by atoms with Gasteiger partial charge in [0, 0.05) is 19.6 Å². The number of hydrogen-bond acceptors (Lipinski definition) is 5. The number of aryl methyl sites for hydroxylation is 1. The van der Waals surface area contributed by atoms with Crippen LogP contribution in [0.15, 0.2) is 34.9 Å². The first-order valence-corrected chi connectivity index (χ1v) is 8.70. The fraction of sp³-hybridized carbons (Fsp3) is 0.444. The Kier molecular flexibility index (Phi) is 5.50. The number of carbonyl (C=O) groups is 2. The maximum absolute atomic E-state index is 12.4. The van der Waals surface area contributed by atoms with Gasteiger partial charge in [-0.1, -0.05) is 35.5 Å². The van der Waals surface area contributed by atoms with Crippen LogP contribution in [0.4, 0.5) is 4.79 Å². The Morgan fingerprint density at radius 2 is 2.08 bits per heavy atom. The summed E-state index contributed by atoms with van der Waals surface area (Å²) in [7, 11) is 0. The highest BCUT2D eigenvalue weighted by Crippen LogP contribution is 2.11. The van der Waals surface area contributed by atoms with E-state index in [2.05, 4.69) is 27.6 Å². The van der Waals surface area contributed by atoms with Crippen molar-refractivity contribution in [3.8, 4) is 0 Å². The Morgan fingerprint density at radius 3 is 2.73 bits per heavy atom. The molecule has 1 unspecified atom stereocenters. The molecule has 1 saturated heterocycles. The first-order chi connectivity index (χ1) is 12.5. The molecule has 0 spiro atoms. The fourth-order valence-electron chi connectivity index (χ4n) is 2.85. The lowest BCUT2D eigenvalue weighted by Gasteiger charge is -2.34. The van der Waals surface area contributed by atoms with Crippen molar-refractivity contribution in [2.75, 3.05) is 26.2 Å². The molecule has 1 aliphatic heterocycles. The summed E-state index contributed by atoms with van der Waals surface area (Å²) in [6, 6.07) is 9.35. The first kappa shape index (κ1) is 17.9. The van der Waals surface area contributed by atoms with Crippen molar-refractivity contribution >= 4 is 11.9 Å². The summed E-state index contributed by atoms with van der Waals surface area (Å²) in [6.07, 6.45) is 0.812. The molecule has 138 valence electrons. The van der Waals surface area contributed by atoms with Gasteiger partial charge in [0.2, 0.25) is 11.8 Å². The van der Waals surface area contributed by atoms with E-state index in [1.807, 2.05) is 23.1 Å². The molecule has 0 radical (unpaired) electrons. The minimum Gasteiger partial charge on any atom is -0.339 e. The molecule has 0 bridgehead atoms. The monoisotopic (exact) mass is 357 g/mol. The maximum Gasteiger partial charge on any atom is 0.318 e. The molecular formula is C18H23N5O3. The van der Waals surface area contributed by atoms with Crippen LogP contribution >= 0.6 is 0 Å². The van der Waals surface area contributed by atoms with E-state index in [0.29, 0.717) is 31.3 Å². The smallest absolute Gasteiger partial charge is 0.318 e. The second kappa shape index (κ2) is 7.99. The van der Waals surface area contributed by atoms with Crippen molar-refractivity contribution in [3.05, 3.63) is 47.6 Å². The number of amides is 3. The highest BCUT2D eigenvalue weighted by atomic mass is 16.5. The Balaban J connectivity index is 1.48. The van der Waals surface area contributed by atoms with Gasteiger partial charge in [-0.2, -0.15) is 4.98 Å². The highest BCUT2D eigenvalue weighted by Gasteiger charge is 2.28. The number of piperazine rings is 1. The lowest BCUT2D eigenvalue weighted by atomic mass is 10.1. The predicted molar refractivity (Wildman–Crippen MR) is 94.3 cm³/mol. The topological polar surface area (TPSA) is 91.6 Å². The van der Waals surface area contributed by atoms with E-state index in [0.717, 1.165) is 6.42 Å². The van der Waals surface area contributed by atoms with Gasteiger partial charge in [0.15, 0.2) is 5.82 Å². The van der Waals surface area contributed by atoms with Crippen molar-refractivity contribution in [2.45, 2.75) is 26.3 Å². The molecule has 3 rings (SSSR count). The molecule has 2 heterocycles. The first-order valence-electron chi connectivity index (χ1n) is 8.70. The van der Waals surface area contributed by atoms with E-state index in [1.165, 1.54) is 10.5 Å². The Hall–Kier alpha value is -2.90. The van der Waals surface area contributed by atoms with E-state index in [1.54, 1.807) is 13.8 Å². The molecule has 8 nitrogen and oxygen atoms in total. The minimum absolute atomic E-state index is 0.0383. The third-order valence-corrected chi connectivity index (χ3v) is 4.37. The van der Waals surface area contributed by atoms with E-state index < -0.39 is 6.04 Å². The van der Waals surface area contributed by atoms with Crippen LogP contribution in [-0.4, -0.2) is 58.1 Å². The van der Waals surface area contributed by atoms with Crippen molar-refractivity contribution in [1.82, 2.24) is 25.3 Å². The number of hydrogen-bond donors (Lipinski definition) is 1. The maximum atomic E-state index is 12.4. The number of aromatic nitrogens is 2. The van der Waals surface area contributed by atoms with Gasteiger partial charge in [-0.05, 0) is 25.8 Å². The number of benzene rings is 1. The molecular weight excluding hydrogens is 334 g/mol. The van der Waals surface area contributed by atoms with Crippen LogP contribution in [-0.2, 0) is 11.2 Å². The zero-order chi connectivity index (χ0) is 18.5. The Labute approximate surface area is 152 Å². The van der Waals surface area contributed by atoms with Crippen LogP contribution in [0.1, 0.15) is 30.2 Å². The summed E-state index contributed by atoms with van der Waals surface area (Å²) in [6.45, 7) is 5.26. The number of rotatable bonds is 5. The molecule has 1 fully saturated rings. The van der Waals surface area contributed by atoms with Crippen LogP contribution in [0.25, 0.3) is 0 Å². The predicted octanol–water partition coefficient (Wildman–Crippen LogP) is 1.54. The SMILES string of the molecule is Cc1noc(C(C)NC(=O)N2CCN(CCc3ccccc3)C(=O)C2)n1. The Bertz CT molecular complexity index is 761. The number of nitrogens with zero attached hydrogens (tertiary/aromatic N) is 4. The average molecular weight is 357 g/mol. The number of urea groups is 1. The molecule has 1 atom stereocenters. The second-order valence-corrected chi connectivity index (χ2v) is 6.39. The van der Waals surface area contributed by atoms with Crippen LogP contribution in [0.3, 0.4) is 0 Å². The Morgan fingerprint density at radius 1 is 1.31 bits per heavy atom. The zero-order valence-electron chi connectivity index (χ0n) is 15.0. The van der Waals surface area contributed by atoms with E-state index in [9.17, 15) is 9.59 Å². The molecule has 1 aliphatic rings. The molecule has 8 heteroatoms. The van der Waals surface area contributed by atoms with Gasteiger partial charge >= 0.3 is 6.03 Å². The molecule has 0 aliphatic carbocycles. The summed E-state index contributed by atoms with van der Waals surface area (Å²) >= 11 is 0. The van der Waals surface area contributed by atoms with Crippen LogP contribution in [0.5, 0.6) is 0 Å². The van der Waals surface area contributed by atoms with Crippen LogP contribution in [0.2, 0.25) is 0 Å². The van der Waals surface area contributed by atoms with Gasteiger partial charge in [-0.25, -0.2) is 4.79 Å². The summed E-state index contributed by atoms with van der Waals surface area (Å²) in [4.78, 5) is 32.2. The summed E-state index contributed by atoms with van der Waals surface area (Å²) in [5.74, 6) is 0.829. The molecule has 26 heavy (non-hydrogen) atoms. The summed E-state index contributed by atoms with van der Waals surface area (Å²) in [5, 5.41) is 6.51. The zero-order valence-corrected chi connectivity index (χ0v) is 15.0. The number of carbonyl (C=O) groups excluding carboxylic acids is 2. The molecule has 2 aromatic rings. The third-order valence-electron chi connectivity index (χ3n) is 4.37. The van der Waals surface area contributed by atoms with Gasteiger partial charge < -0.3 is 19.6 Å². The molecule has 1 aromatic carbocycles. The van der Waals surface area contributed by atoms with Crippen molar-refractivity contribution < 1.29 is 14.1 Å². The molecule has 0 saturated carbocycles. The van der Waals surface area contributed by atoms with Gasteiger partial charge in [-0.15, -0.1) is 0 Å². The van der Waals surface area contributed by atoms with Gasteiger partial charge in [0.25, 0.3) is 0 Å². The van der Waals surface area contributed by atoms with Crippen LogP contribution < -0.4 is 5.32 Å². The minimum atomic E-state index is -0.407. The molecule has 1 aromatic heterocycles. The van der Waals surface area contributed by atoms with Crippen LogP contribution in [0, 0.1) is 6.92 Å². The van der Waals surface area contributed by atoms with E-state index >= 15 is 0 Å². The fourth-order valence-corrected chi connectivity index (χ4v) is 2.85. The normalized spacial score (nSPS) is 15.8. The molecule has 3 amide bonds. The third kappa shape index (κ3) is 4.38. The standard InChI is InChI=1S/C18H23N5O3/c1-13(17-20-14(2)21-26-17)19-18(25)23-11-10-22(16(24)12-23)9-8-15-6-4-3-5-7-15/h3-7,13H,8-12H2,1-2H3,(H,19,25). The quantitative estimate of drug-likeness (QED) is 0.876. The average Bonchev–Trinajstić information content (AvgIpc) is 3.08. The van der Waals surface area contributed by atoms with Gasteiger partial charge in [-0.3, -0.25) is 4.79 Å². The van der Waals surface area contributed by atoms with Crippen molar-refractivity contribution in [3.63, 3.8) is 0 Å². The van der Waals surface area contributed by atoms with E-state index in [-0.39, 0.29) is 18.5 Å². The van der Waals surface area contributed by atoms with Gasteiger partial charge in [0.1, 0.15) is 12.6 Å². The van der Waals surface area contributed by atoms with Crippen molar-refractivity contribution in [2.24, 2.45) is 0 Å². The lowest BCUT2D eigenvalue weighted by Crippen LogP contribution is -2.55. The summed E-state index contributed by atoms with van der Waals surface area (Å²) < 4.78 is 5.06. The second-order valence-electron chi connectivity index (χ2n) is 6.39. The van der Waals surface area contributed by atoms with Gasteiger partial charge in [0.05, 0.1) is 0 Å². The molecule has 1 N–H and O–H groups in total. The van der Waals surface area contributed by atoms with E-state index in [4.69, 9.17) is 4.52 Å². The summed E-state index contributed by atoms with van der Waals surface area (Å²) in [5.41, 5.74) is 1.20. The highest BCUT2D eigenvalue weighted by molar-refractivity contribution is 5.85. The van der Waals surface area contributed by atoms with Crippen molar-refractivity contribution in [1.29, 1.82) is 0 Å².